The Hall–Kier alpha value is -1.53. The number of hydrogen-bond acceptors (Lipinski definition) is 3. The fraction of sp³-hybridized carbons (Fsp3) is 0.364. The number of aromatic hydroxyl groups is 1. The first-order valence-electron chi connectivity index (χ1n) is 4.71. The van der Waals surface area contributed by atoms with Crippen LogP contribution in [0.1, 0.15) is 18.0 Å². The predicted octanol–water partition coefficient (Wildman–Crippen LogP) is 1.57. The van der Waals surface area contributed by atoms with E-state index < -0.39 is 0 Å². The number of benzene rings is 1. The Morgan fingerprint density at radius 1 is 1.50 bits per heavy atom. The van der Waals surface area contributed by atoms with Crippen LogP contribution in [-0.4, -0.2) is 11.7 Å². The van der Waals surface area contributed by atoms with Gasteiger partial charge in [-0.25, -0.2) is 0 Å². The zero-order valence-corrected chi connectivity index (χ0v) is 7.77. The van der Waals surface area contributed by atoms with Crippen molar-refractivity contribution >= 4 is 0 Å². The monoisotopic (exact) mass is 188 g/mol. The lowest BCUT2D eigenvalue weighted by Gasteiger charge is -2.09. The molecule has 0 saturated carbocycles. The fourth-order valence-corrected chi connectivity index (χ4v) is 1.83. The van der Waals surface area contributed by atoms with Crippen LogP contribution in [0.2, 0.25) is 0 Å². The van der Waals surface area contributed by atoms with E-state index in [0.717, 1.165) is 18.5 Å². The molecule has 2 rings (SSSR count). The van der Waals surface area contributed by atoms with Crippen molar-refractivity contribution < 1.29 is 5.11 Å². The third kappa shape index (κ3) is 1.70. The lowest BCUT2D eigenvalue weighted by Crippen LogP contribution is -2.13. The largest absolute Gasteiger partial charge is 0.508 e. The van der Waals surface area contributed by atoms with Crippen LogP contribution in [-0.2, 0) is 0 Å². The lowest BCUT2D eigenvalue weighted by atomic mass is 10.0. The topological polar surface area (TPSA) is 56.0 Å². The molecule has 0 aliphatic carbocycles. The highest BCUT2D eigenvalue weighted by Gasteiger charge is 2.24. The minimum atomic E-state index is 0.0994. The Morgan fingerprint density at radius 3 is 3.00 bits per heavy atom. The average Bonchev–Trinajstić information content (AvgIpc) is 2.66. The highest BCUT2D eigenvalue weighted by Crippen LogP contribution is 2.28. The van der Waals surface area contributed by atoms with Gasteiger partial charge in [-0.05, 0) is 24.1 Å². The van der Waals surface area contributed by atoms with E-state index in [1.165, 1.54) is 0 Å². The standard InChI is InChI=1S/C11H12N2O/c12-6-8-4-11(13-7-8)9-2-1-3-10(14)5-9/h1-3,5,8,11,13-14H,4,7H2. The summed E-state index contributed by atoms with van der Waals surface area (Å²) in [5.74, 6) is 0.382. The molecule has 1 aromatic carbocycles. The molecule has 0 aromatic heterocycles. The maximum atomic E-state index is 9.30. The Bertz CT molecular complexity index is 370. The minimum absolute atomic E-state index is 0.0994. The van der Waals surface area contributed by atoms with Gasteiger partial charge in [0, 0.05) is 12.6 Å². The second-order valence-corrected chi connectivity index (χ2v) is 3.62. The van der Waals surface area contributed by atoms with E-state index in [0.29, 0.717) is 0 Å². The maximum Gasteiger partial charge on any atom is 0.115 e. The van der Waals surface area contributed by atoms with Gasteiger partial charge < -0.3 is 10.4 Å². The van der Waals surface area contributed by atoms with E-state index in [2.05, 4.69) is 11.4 Å². The first kappa shape index (κ1) is 9.04. The summed E-state index contributed by atoms with van der Waals surface area (Å²) in [5, 5.41) is 21.3. The molecule has 2 unspecified atom stereocenters. The van der Waals surface area contributed by atoms with Crippen molar-refractivity contribution in [3.8, 4) is 11.8 Å². The molecular weight excluding hydrogens is 176 g/mol. The molecule has 1 fully saturated rings. The first-order valence-corrected chi connectivity index (χ1v) is 4.71. The summed E-state index contributed by atoms with van der Waals surface area (Å²) in [4.78, 5) is 0. The van der Waals surface area contributed by atoms with Crippen molar-refractivity contribution in [1.82, 2.24) is 5.32 Å². The lowest BCUT2D eigenvalue weighted by molar-refractivity contribution is 0.473. The SMILES string of the molecule is N#CC1CNC(c2cccc(O)c2)C1. The summed E-state index contributed by atoms with van der Waals surface area (Å²) in [6.45, 7) is 0.747. The van der Waals surface area contributed by atoms with Gasteiger partial charge in [0.25, 0.3) is 0 Å². The van der Waals surface area contributed by atoms with Gasteiger partial charge in [0.05, 0.1) is 12.0 Å². The molecule has 0 bridgehead atoms. The van der Waals surface area contributed by atoms with Gasteiger partial charge in [-0.15, -0.1) is 0 Å². The highest BCUT2D eigenvalue weighted by molar-refractivity contribution is 5.30. The smallest absolute Gasteiger partial charge is 0.115 e. The van der Waals surface area contributed by atoms with Gasteiger partial charge in [0.15, 0.2) is 0 Å². The summed E-state index contributed by atoms with van der Waals surface area (Å²) in [5.41, 5.74) is 1.06. The molecule has 1 aliphatic heterocycles. The van der Waals surface area contributed by atoms with Crippen LogP contribution in [0.15, 0.2) is 24.3 Å². The van der Waals surface area contributed by atoms with Gasteiger partial charge in [-0.2, -0.15) is 5.26 Å². The molecule has 0 radical (unpaired) electrons. The van der Waals surface area contributed by atoms with E-state index in [1.807, 2.05) is 12.1 Å². The Labute approximate surface area is 83.0 Å². The molecule has 72 valence electrons. The number of phenols is 1. The van der Waals surface area contributed by atoms with Crippen LogP contribution in [0.4, 0.5) is 0 Å². The van der Waals surface area contributed by atoms with Crippen LogP contribution in [0, 0.1) is 17.2 Å². The number of nitrogens with one attached hydrogen (secondary N) is 1. The van der Waals surface area contributed by atoms with Gasteiger partial charge >= 0.3 is 0 Å². The van der Waals surface area contributed by atoms with Crippen LogP contribution >= 0.6 is 0 Å². The van der Waals surface area contributed by atoms with E-state index in [-0.39, 0.29) is 17.7 Å². The van der Waals surface area contributed by atoms with E-state index in [4.69, 9.17) is 5.26 Å². The molecular formula is C11H12N2O. The minimum Gasteiger partial charge on any atom is -0.508 e. The van der Waals surface area contributed by atoms with Gasteiger partial charge in [-0.1, -0.05) is 12.1 Å². The Morgan fingerprint density at radius 2 is 2.36 bits per heavy atom. The second-order valence-electron chi connectivity index (χ2n) is 3.62. The van der Waals surface area contributed by atoms with Crippen molar-refractivity contribution in [2.75, 3.05) is 6.54 Å². The number of nitriles is 1. The summed E-state index contributed by atoms with van der Waals surface area (Å²) in [7, 11) is 0. The Kier molecular flexibility index (Phi) is 2.38. The molecule has 14 heavy (non-hydrogen) atoms. The quantitative estimate of drug-likeness (QED) is 0.703. The van der Waals surface area contributed by atoms with Crippen LogP contribution in [0.5, 0.6) is 5.75 Å². The van der Waals surface area contributed by atoms with Crippen molar-refractivity contribution in [3.05, 3.63) is 29.8 Å². The fourth-order valence-electron chi connectivity index (χ4n) is 1.83. The van der Waals surface area contributed by atoms with Crippen molar-refractivity contribution in [2.45, 2.75) is 12.5 Å². The van der Waals surface area contributed by atoms with Crippen molar-refractivity contribution in [2.24, 2.45) is 5.92 Å². The number of nitrogens with zero attached hydrogens (tertiary/aromatic N) is 1. The molecule has 0 amide bonds. The molecule has 3 heteroatoms. The molecule has 1 heterocycles. The second kappa shape index (κ2) is 3.69. The maximum absolute atomic E-state index is 9.30. The number of hydrogen-bond donors (Lipinski definition) is 2. The molecule has 1 aliphatic rings. The van der Waals surface area contributed by atoms with Gasteiger partial charge in [-0.3, -0.25) is 0 Å². The highest BCUT2D eigenvalue weighted by atomic mass is 16.3. The molecule has 1 saturated heterocycles. The third-order valence-corrected chi connectivity index (χ3v) is 2.59. The predicted molar refractivity (Wildman–Crippen MR) is 52.6 cm³/mol. The average molecular weight is 188 g/mol. The summed E-state index contributed by atoms with van der Waals surface area (Å²) >= 11 is 0. The van der Waals surface area contributed by atoms with E-state index >= 15 is 0 Å². The molecule has 2 atom stereocenters. The zero-order valence-electron chi connectivity index (χ0n) is 7.77. The normalized spacial score (nSPS) is 25.9. The summed E-state index contributed by atoms with van der Waals surface area (Å²) in [6, 6.07) is 9.66. The third-order valence-electron chi connectivity index (χ3n) is 2.59. The summed E-state index contributed by atoms with van der Waals surface area (Å²) in [6.07, 6.45) is 0.833. The van der Waals surface area contributed by atoms with Crippen LogP contribution in [0.25, 0.3) is 0 Å². The van der Waals surface area contributed by atoms with E-state index in [1.54, 1.807) is 12.1 Å². The molecule has 2 N–H and O–H groups in total. The van der Waals surface area contributed by atoms with Crippen LogP contribution in [0.3, 0.4) is 0 Å². The van der Waals surface area contributed by atoms with Gasteiger partial charge in [0.2, 0.25) is 0 Å². The van der Waals surface area contributed by atoms with Gasteiger partial charge in [0.1, 0.15) is 5.75 Å². The Balaban J connectivity index is 2.14. The van der Waals surface area contributed by atoms with E-state index in [9.17, 15) is 5.11 Å². The molecule has 0 spiro atoms. The number of rotatable bonds is 1. The van der Waals surface area contributed by atoms with Crippen LogP contribution < -0.4 is 5.32 Å². The molecule has 1 aromatic rings. The summed E-state index contributed by atoms with van der Waals surface area (Å²) < 4.78 is 0. The zero-order chi connectivity index (χ0) is 9.97. The van der Waals surface area contributed by atoms with Crippen molar-refractivity contribution in [1.29, 1.82) is 5.26 Å². The first-order chi connectivity index (χ1) is 6.79. The number of phenolic OH excluding ortho intramolecular Hbond substituents is 1. The van der Waals surface area contributed by atoms with Crippen molar-refractivity contribution in [3.63, 3.8) is 0 Å². The molecule has 3 nitrogen and oxygen atoms in total.